The van der Waals surface area contributed by atoms with Crippen LogP contribution < -0.4 is 0 Å². The summed E-state index contributed by atoms with van der Waals surface area (Å²) < 4.78 is 5.34. The van der Waals surface area contributed by atoms with Gasteiger partial charge in [-0.3, -0.25) is 4.90 Å². The van der Waals surface area contributed by atoms with Crippen molar-refractivity contribution < 1.29 is 9.84 Å². The minimum absolute atomic E-state index is 0.152. The number of hydrogen-bond acceptors (Lipinski definition) is 3. The molecule has 0 saturated carbocycles. The van der Waals surface area contributed by atoms with E-state index >= 15 is 0 Å². The molecule has 1 aromatic carbocycles. The topological polar surface area (TPSA) is 32.7 Å². The number of nitrogens with zero attached hydrogens (tertiary/aromatic N) is 1. The van der Waals surface area contributed by atoms with Gasteiger partial charge in [-0.2, -0.15) is 0 Å². The van der Waals surface area contributed by atoms with Crippen molar-refractivity contribution in [3.8, 4) is 0 Å². The Balaban J connectivity index is 1.97. The first-order chi connectivity index (χ1) is 7.40. The molecule has 2 rings (SSSR count). The van der Waals surface area contributed by atoms with Gasteiger partial charge in [0.05, 0.1) is 25.9 Å². The van der Waals surface area contributed by atoms with Crippen LogP contribution in [0, 0.1) is 0 Å². The third-order valence-corrected chi connectivity index (χ3v) is 2.79. The van der Waals surface area contributed by atoms with Gasteiger partial charge >= 0.3 is 0 Å². The first kappa shape index (κ1) is 10.6. The monoisotopic (exact) mass is 207 g/mol. The third kappa shape index (κ3) is 2.78. The maximum atomic E-state index is 9.22. The van der Waals surface area contributed by atoms with Gasteiger partial charge in [-0.25, -0.2) is 0 Å². The van der Waals surface area contributed by atoms with Crippen molar-refractivity contribution in [1.82, 2.24) is 4.90 Å². The highest BCUT2D eigenvalue weighted by Crippen LogP contribution is 2.11. The van der Waals surface area contributed by atoms with Crippen molar-refractivity contribution in [3.05, 3.63) is 35.9 Å². The van der Waals surface area contributed by atoms with Crippen LogP contribution >= 0.6 is 0 Å². The summed E-state index contributed by atoms with van der Waals surface area (Å²) in [6, 6.07) is 10.5. The van der Waals surface area contributed by atoms with Crippen molar-refractivity contribution in [2.24, 2.45) is 0 Å². The molecule has 1 N–H and O–H groups in total. The maximum absolute atomic E-state index is 9.22. The number of ether oxygens (including phenoxy) is 1. The van der Waals surface area contributed by atoms with Crippen LogP contribution in [-0.4, -0.2) is 42.4 Å². The van der Waals surface area contributed by atoms with Gasteiger partial charge in [0, 0.05) is 13.1 Å². The minimum Gasteiger partial charge on any atom is -0.395 e. The minimum atomic E-state index is 0.152. The molecule has 0 unspecified atom stereocenters. The summed E-state index contributed by atoms with van der Waals surface area (Å²) in [6.45, 7) is 3.38. The van der Waals surface area contributed by atoms with Crippen molar-refractivity contribution in [3.63, 3.8) is 0 Å². The van der Waals surface area contributed by atoms with Crippen LogP contribution in [-0.2, 0) is 11.3 Å². The average molecular weight is 207 g/mol. The van der Waals surface area contributed by atoms with E-state index in [9.17, 15) is 5.11 Å². The molecule has 1 aliphatic rings. The molecular formula is C12H17NO2. The molecule has 3 nitrogen and oxygen atoms in total. The number of hydrogen-bond donors (Lipinski definition) is 1. The zero-order valence-electron chi connectivity index (χ0n) is 8.80. The predicted molar refractivity (Wildman–Crippen MR) is 58.5 cm³/mol. The Morgan fingerprint density at radius 2 is 2.13 bits per heavy atom. The Hall–Kier alpha value is -0.900. The van der Waals surface area contributed by atoms with Gasteiger partial charge < -0.3 is 9.84 Å². The van der Waals surface area contributed by atoms with Crippen LogP contribution in [0.1, 0.15) is 5.56 Å². The maximum Gasteiger partial charge on any atom is 0.0644 e. The van der Waals surface area contributed by atoms with Gasteiger partial charge in [-0.1, -0.05) is 30.3 Å². The number of benzene rings is 1. The molecule has 15 heavy (non-hydrogen) atoms. The van der Waals surface area contributed by atoms with Crippen molar-refractivity contribution in [2.75, 3.05) is 26.4 Å². The summed E-state index contributed by atoms with van der Waals surface area (Å²) in [5.41, 5.74) is 1.29. The summed E-state index contributed by atoms with van der Waals surface area (Å²) in [7, 11) is 0. The number of morpholine rings is 1. The normalized spacial score (nSPS) is 22.9. The van der Waals surface area contributed by atoms with E-state index in [1.165, 1.54) is 5.56 Å². The quantitative estimate of drug-likeness (QED) is 0.798. The van der Waals surface area contributed by atoms with Crippen LogP contribution in [0.25, 0.3) is 0 Å². The van der Waals surface area contributed by atoms with E-state index in [0.29, 0.717) is 6.61 Å². The molecule has 1 fully saturated rings. The van der Waals surface area contributed by atoms with Gasteiger partial charge in [0.2, 0.25) is 0 Å². The summed E-state index contributed by atoms with van der Waals surface area (Å²) in [5, 5.41) is 9.22. The smallest absolute Gasteiger partial charge is 0.0644 e. The fourth-order valence-electron chi connectivity index (χ4n) is 1.88. The van der Waals surface area contributed by atoms with E-state index in [-0.39, 0.29) is 12.6 Å². The standard InChI is InChI=1S/C12H17NO2/c14-9-12-10-15-7-6-13(12)8-11-4-2-1-3-5-11/h1-5,12,14H,6-10H2/t12-/m1/s1. The fourth-order valence-corrected chi connectivity index (χ4v) is 1.88. The fraction of sp³-hybridized carbons (Fsp3) is 0.500. The second-order valence-electron chi connectivity index (χ2n) is 3.87. The molecule has 0 radical (unpaired) electrons. The molecule has 1 saturated heterocycles. The zero-order chi connectivity index (χ0) is 10.5. The first-order valence-electron chi connectivity index (χ1n) is 5.36. The lowest BCUT2D eigenvalue weighted by molar-refractivity contribution is -0.0312. The van der Waals surface area contributed by atoms with E-state index in [1.807, 2.05) is 18.2 Å². The highest BCUT2D eigenvalue weighted by atomic mass is 16.5. The van der Waals surface area contributed by atoms with Crippen LogP contribution in [0.3, 0.4) is 0 Å². The van der Waals surface area contributed by atoms with E-state index in [1.54, 1.807) is 0 Å². The Morgan fingerprint density at radius 1 is 1.33 bits per heavy atom. The Kier molecular flexibility index (Phi) is 3.72. The van der Waals surface area contributed by atoms with E-state index in [4.69, 9.17) is 4.74 Å². The number of rotatable bonds is 3. The molecule has 82 valence electrons. The second-order valence-corrected chi connectivity index (χ2v) is 3.87. The lowest BCUT2D eigenvalue weighted by atomic mass is 10.1. The molecule has 0 amide bonds. The average Bonchev–Trinajstić information content (AvgIpc) is 2.31. The van der Waals surface area contributed by atoms with Crippen molar-refractivity contribution in [1.29, 1.82) is 0 Å². The Morgan fingerprint density at radius 3 is 2.87 bits per heavy atom. The number of aliphatic hydroxyl groups excluding tert-OH is 1. The molecule has 1 atom stereocenters. The molecule has 0 bridgehead atoms. The highest BCUT2D eigenvalue weighted by Gasteiger charge is 2.21. The van der Waals surface area contributed by atoms with Gasteiger partial charge in [0.15, 0.2) is 0 Å². The largest absolute Gasteiger partial charge is 0.395 e. The van der Waals surface area contributed by atoms with Gasteiger partial charge in [-0.05, 0) is 5.56 Å². The zero-order valence-corrected chi connectivity index (χ0v) is 8.80. The molecule has 0 aliphatic carbocycles. The van der Waals surface area contributed by atoms with Gasteiger partial charge in [0.25, 0.3) is 0 Å². The third-order valence-electron chi connectivity index (χ3n) is 2.79. The highest BCUT2D eigenvalue weighted by molar-refractivity contribution is 5.14. The molecule has 3 heteroatoms. The predicted octanol–water partition coefficient (Wildman–Crippen LogP) is 0.880. The van der Waals surface area contributed by atoms with E-state index in [0.717, 1.165) is 19.7 Å². The van der Waals surface area contributed by atoms with E-state index in [2.05, 4.69) is 17.0 Å². The molecule has 0 aromatic heterocycles. The number of aliphatic hydroxyl groups is 1. The van der Waals surface area contributed by atoms with Crippen LogP contribution in [0.15, 0.2) is 30.3 Å². The summed E-state index contributed by atoms with van der Waals surface area (Å²) in [6.07, 6.45) is 0. The molecule has 1 heterocycles. The molecular weight excluding hydrogens is 190 g/mol. The molecule has 0 spiro atoms. The SMILES string of the molecule is OC[C@@H]1COCCN1Cc1ccccc1. The van der Waals surface area contributed by atoms with Gasteiger partial charge in [-0.15, -0.1) is 0 Å². The van der Waals surface area contributed by atoms with Crippen LogP contribution in [0.5, 0.6) is 0 Å². The Bertz CT molecular complexity index is 289. The van der Waals surface area contributed by atoms with Crippen molar-refractivity contribution in [2.45, 2.75) is 12.6 Å². The molecule has 1 aliphatic heterocycles. The Labute approximate surface area is 90.3 Å². The lowest BCUT2D eigenvalue weighted by Gasteiger charge is -2.34. The van der Waals surface area contributed by atoms with Crippen LogP contribution in [0.2, 0.25) is 0 Å². The van der Waals surface area contributed by atoms with Crippen LogP contribution in [0.4, 0.5) is 0 Å². The summed E-state index contributed by atoms with van der Waals surface area (Å²) in [5.74, 6) is 0. The summed E-state index contributed by atoms with van der Waals surface area (Å²) >= 11 is 0. The molecule has 1 aromatic rings. The lowest BCUT2D eigenvalue weighted by Crippen LogP contribution is -2.46. The first-order valence-corrected chi connectivity index (χ1v) is 5.36. The second kappa shape index (κ2) is 5.26. The summed E-state index contributed by atoms with van der Waals surface area (Å²) in [4.78, 5) is 2.28. The van der Waals surface area contributed by atoms with E-state index < -0.39 is 0 Å². The van der Waals surface area contributed by atoms with Crippen molar-refractivity contribution >= 4 is 0 Å². The van der Waals surface area contributed by atoms with Gasteiger partial charge in [0.1, 0.15) is 0 Å².